The third kappa shape index (κ3) is 2.73. The van der Waals surface area contributed by atoms with Gasteiger partial charge in [0, 0.05) is 20.5 Å². The SMILES string of the molecule is CC(=O)N(C)CC[C@@H](O)c1ccc2c(c1)OCO2. The number of aliphatic hydroxyl groups is 1. The van der Waals surface area contributed by atoms with Crippen molar-refractivity contribution < 1.29 is 19.4 Å². The first-order valence-corrected chi connectivity index (χ1v) is 5.87. The minimum atomic E-state index is -0.610. The summed E-state index contributed by atoms with van der Waals surface area (Å²) >= 11 is 0. The Morgan fingerprint density at radius 3 is 2.89 bits per heavy atom. The number of amides is 1. The monoisotopic (exact) mass is 251 g/mol. The summed E-state index contributed by atoms with van der Waals surface area (Å²) in [5, 5.41) is 10.0. The molecule has 1 heterocycles. The Morgan fingerprint density at radius 2 is 2.17 bits per heavy atom. The Bertz CT molecular complexity index is 447. The summed E-state index contributed by atoms with van der Waals surface area (Å²) in [5.74, 6) is 1.35. The molecular formula is C13H17NO4. The number of nitrogens with zero attached hydrogens (tertiary/aromatic N) is 1. The summed E-state index contributed by atoms with van der Waals surface area (Å²) in [5.41, 5.74) is 0.774. The van der Waals surface area contributed by atoms with Crippen LogP contribution in [0.25, 0.3) is 0 Å². The van der Waals surface area contributed by atoms with E-state index in [1.54, 1.807) is 24.1 Å². The van der Waals surface area contributed by atoms with E-state index < -0.39 is 6.10 Å². The van der Waals surface area contributed by atoms with Gasteiger partial charge < -0.3 is 19.5 Å². The van der Waals surface area contributed by atoms with Gasteiger partial charge in [0.1, 0.15) is 0 Å². The van der Waals surface area contributed by atoms with Gasteiger partial charge in [-0.05, 0) is 24.1 Å². The normalized spacial score (nSPS) is 14.4. The molecule has 0 bridgehead atoms. The molecule has 0 saturated carbocycles. The van der Waals surface area contributed by atoms with Crippen LogP contribution in [-0.2, 0) is 4.79 Å². The molecule has 18 heavy (non-hydrogen) atoms. The molecule has 5 nitrogen and oxygen atoms in total. The Hall–Kier alpha value is -1.75. The van der Waals surface area contributed by atoms with E-state index in [2.05, 4.69) is 0 Å². The highest BCUT2D eigenvalue weighted by atomic mass is 16.7. The van der Waals surface area contributed by atoms with Crippen molar-refractivity contribution in [3.63, 3.8) is 0 Å². The first-order chi connectivity index (χ1) is 8.58. The fourth-order valence-corrected chi connectivity index (χ4v) is 1.76. The lowest BCUT2D eigenvalue weighted by atomic mass is 10.1. The van der Waals surface area contributed by atoms with Gasteiger partial charge in [0.25, 0.3) is 0 Å². The average Bonchev–Trinajstić information content (AvgIpc) is 2.82. The number of hydrogen-bond donors (Lipinski definition) is 1. The van der Waals surface area contributed by atoms with Gasteiger partial charge in [0.2, 0.25) is 12.7 Å². The third-order valence-corrected chi connectivity index (χ3v) is 3.06. The van der Waals surface area contributed by atoms with Crippen LogP contribution in [0.15, 0.2) is 18.2 Å². The summed E-state index contributed by atoms with van der Waals surface area (Å²) < 4.78 is 10.5. The van der Waals surface area contributed by atoms with Gasteiger partial charge in [-0.3, -0.25) is 4.79 Å². The standard InChI is InChI=1S/C13H17NO4/c1-9(15)14(2)6-5-11(16)10-3-4-12-13(7-10)18-8-17-12/h3-4,7,11,16H,5-6,8H2,1-2H3/t11-/m1/s1. The summed E-state index contributed by atoms with van der Waals surface area (Å²) in [6.45, 7) is 2.25. The van der Waals surface area contributed by atoms with Crippen LogP contribution in [0.4, 0.5) is 0 Å². The van der Waals surface area contributed by atoms with E-state index in [0.29, 0.717) is 24.5 Å². The van der Waals surface area contributed by atoms with Crippen molar-refractivity contribution in [2.24, 2.45) is 0 Å². The Balaban J connectivity index is 1.97. The summed E-state index contributed by atoms with van der Waals surface area (Å²) in [4.78, 5) is 12.6. The van der Waals surface area contributed by atoms with Crippen LogP contribution in [-0.4, -0.2) is 36.3 Å². The first kappa shape index (κ1) is 12.7. The highest BCUT2D eigenvalue weighted by Gasteiger charge is 2.17. The van der Waals surface area contributed by atoms with Gasteiger partial charge in [-0.2, -0.15) is 0 Å². The number of hydrogen-bond acceptors (Lipinski definition) is 4. The Labute approximate surface area is 106 Å². The zero-order valence-electron chi connectivity index (χ0n) is 10.5. The van der Waals surface area contributed by atoms with Gasteiger partial charge in [0.15, 0.2) is 11.5 Å². The number of carbonyl (C=O) groups is 1. The Kier molecular flexibility index (Phi) is 3.72. The summed E-state index contributed by atoms with van der Waals surface area (Å²) in [6, 6.07) is 5.38. The maximum Gasteiger partial charge on any atom is 0.231 e. The Morgan fingerprint density at radius 1 is 1.44 bits per heavy atom. The molecule has 5 heteroatoms. The molecule has 1 atom stereocenters. The van der Waals surface area contributed by atoms with Crippen molar-refractivity contribution in [3.8, 4) is 11.5 Å². The van der Waals surface area contributed by atoms with E-state index in [-0.39, 0.29) is 12.7 Å². The zero-order valence-corrected chi connectivity index (χ0v) is 10.5. The van der Waals surface area contributed by atoms with Crippen LogP contribution in [0, 0.1) is 0 Å². The van der Waals surface area contributed by atoms with Crippen molar-refractivity contribution in [2.75, 3.05) is 20.4 Å². The molecule has 98 valence electrons. The minimum Gasteiger partial charge on any atom is -0.454 e. The fraction of sp³-hybridized carbons (Fsp3) is 0.462. The molecule has 0 unspecified atom stereocenters. The van der Waals surface area contributed by atoms with E-state index in [9.17, 15) is 9.90 Å². The summed E-state index contributed by atoms with van der Waals surface area (Å²) in [7, 11) is 1.72. The van der Waals surface area contributed by atoms with Crippen LogP contribution in [0.2, 0.25) is 0 Å². The van der Waals surface area contributed by atoms with Crippen LogP contribution in [0.1, 0.15) is 25.0 Å². The number of aliphatic hydroxyl groups excluding tert-OH is 1. The number of benzene rings is 1. The second-order valence-electron chi connectivity index (χ2n) is 4.36. The smallest absolute Gasteiger partial charge is 0.231 e. The lowest BCUT2D eigenvalue weighted by Crippen LogP contribution is -2.26. The van der Waals surface area contributed by atoms with Gasteiger partial charge in [-0.1, -0.05) is 6.07 Å². The minimum absolute atomic E-state index is 0.00659. The lowest BCUT2D eigenvalue weighted by Gasteiger charge is -2.17. The highest BCUT2D eigenvalue weighted by molar-refractivity contribution is 5.72. The third-order valence-electron chi connectivity index (χ3n) is 3.06. The molecule has 2 rings (SSSR count). The van der Waals surface area contributed by atoms with E-state index >= 15 is 0 Å². The lowest BCUT2D eigenvalue weighted by molar-refractivity contribution is -0.127. The molecule has 0 fully saturated rings. The van der Waals surface area contributed by atoms with Crippen molar-refractivity contribution in [1.29, 1.82) is 0 Å². The van der Waals surface area contributed by atoms with Crippen LogP contribution in [0.5, 0.6) is 11.5 Å². The van der Waals surface area contributed by atoms with Crippen molar-refractivity contribution in [2.45, 2.75) is 19.4 Å². The summed E-state index contributed by atoms with van der Waals surface area (Å²) in [6.07, 6.45) is -0.114. The van der Waals surface area contributed by atoms with Gasteiger partial charge in [-0.15, -0.1) is 0 Å². The molecule has 1 amide bonds. The maximum absolute atomic E-state index is 11.1. The molecular weight excluding hydrogens is 234 g/mol. The topological polar surface area (TPSA) is 59.0 Å². The fourth-order valence-electron chi connectivity index (χ4n) is 1.76. The van der Waals surface area contributed by atoms with Gasteiger partial charge in [0.05, 0.1) is 6.10 Å². The molecule has 0 radical (unpaired) electrons. The molecule has 1 aromatic carbocycles. The van der Waals surface area contributed by atoms with Crippen molar-refractivity contribution in [3.05, 3.63) is 23.8 Å². The maximum atomic E-state index is 11.1. The van der Waals surface area contributed by atoms with Crippen molar-refractivity contribution >= 4 is 5.91 Å². The molecule has 0 saturated heterocycles. The predicted octanol–water partition coefficient (Wildman–Crippen LogP) is 1.32. The average molecular weight is 251 g/mol. The van der Waals surface area contributed by atoms with Crippen LogP contribution < -0.4 is 9.47 Å². The van der Waals surface area contributed by atoms with Crippen LogP contribution in [0.3, 0.4) is 0 Å². The van der Waals surface area contributed by atoms with E-state index in [4.69, 9.17) is 9.47 Å². The van der Waals surface area contributed by atoms with Gasteiger partial charge in [-0.25, -0.2) is 0 Å². The number of carbonyl (C=O) groups excluding carboxylic acids is 1. The number of fused-ring (bicyclic) bond motifs is 1. The largest absolute Gasteiger partial charge is 0.454 e. The number of rotatable bonds is 4. The van der Waals surface area contributed by atoms with E-state index in [1.165, 1.54) is 6.92 Å². The number of ether oxygens (including phenoxy) is 2. The predicted molar refractivity (Wildman–Crippen MR) is 65.5 cm³/mol. The molecule has 0 aliphatic carbocycles. The second-order valence-corrected chi connectivity index (χ2v) is 4.36. The zero-order chi connectivity index (χ0) is 13.1. The van der Waals surface area contributed by atoms with Crippen molar-refractivity contribution in [1.82, 2.24) is 4.90 Å². The van der Waals surface area contributed by atoms with E-state index in [1.807, 2.05) is 6.07 Å². The first-order valence-electron chi connectivity index (χ1n) is 5.87. The molecule has 1 N–H and O–H groups in total. The molecule has 0 aromatic heterocycles. The molecule has 1 aliphatic rings. The van der Waals surface area contributed by atoms with Gasteiger partial charge >= 0.3 is 0 Å². The molecule has 1 aromatic rings. The molecule has 0 spiro atoms. The molecule has 1 aliphatic heterocycles. The quantitative estimate of drug-likeness (QED) is 0.876. The highest BCUT2D eigenvalue weighted by Crippen LogP contribution is 2.34. The van der Waals surface area contributed by atoms with E-state index in [0.717, 1.165) is 5.56 Å². The van der Waals surface area contributed by atoms with Crippen LogP contribution >= 0.6 is 0 Å². The second kappa shape index (κ2) is 5.27.